The molecule has 0 aliphatic carbocycles. The summed E-state index contributed by atoms with van der Waals surface area (Å²) in [4.78, 5) is 15.5. The van der Waals surface area contributed by atoms with E-state index in [9.17, 15) is 4.79 Å². The second-order valence-electron chi connectivity index (χ2n) is 5.19. The van der Waals surface area contributed by atoms with Crippen molar-refractivity contribution < 1.29 is 4.79 Å². The number of primary amides is 1. The van der Waals surface area contributed by atoms with E-state index < -0.39 is 5.54 Å². The summed E-state index contributed by atoms with van der Waals surface area (Å²) in [6, 6.07) is 0. The Morgan fingerprint density at radius 1 is 1.60 bits per heavy atom. The van der Waals surface area contributed by atoms with Crippen LogP contribution >= 0.6 is 11.8 Å². The Morgan fingerprint density at radius 3 is 2.60 bits per heavy atom. The van der Waals surface area contributed by atoms with Gasteiger partial charge in [-0.3, -0.25) is 9.79 Å². The summed E-state index contributed by atoms with van der Waals surface area (Å²) >= 11 is 1.65. The molecule has 0 spiro atoms. The Kier molecular flexibility index (Phi) is 3.33. The van der Waals surface area contributed by atoms with Gasteiger partial charge >= 0.3 is 0 Å². The summed E-state index contributed by atoms with van der Waals surface area (Å²) in [6.45, 7) is 8.67. The first kappa shape index (κ1) is 12.4. The van der Waals surface area contributed by atoms with Gasteiger partial charge in [0.15, 0.2) is 5.17 Å². The van der Waals surface area contributed by atoms with Crippen LogP contribution in [0.3, 0.4) is 0 Å². The minimum atomic E-state index is -0.729. The number of carbonyl (C=O) groups is 1. The molecule has 0 aromatic carbocycles. The van der Waals surface area contributed by atoms with E-state index in [1.54, 1.807) is 25.6 Å². The molecule has 1 aliphatic rings. The molecule has 1 amide bonds. The summed E-state index contributed by atoms with van der Waals surface area (Å²) in [7, 11) is 0. The van der Waals surface area contributed by atoms with Crippen molar-refractivity contribution in [1.82, 2.24) is 5.32 Å². The zero-order valence-electron chi connectivity index (χ0n) is 9.76. The van der Waals surface area contributed by atoms with E-state index in [1.165, 1.54) is 0 Å². The van der Waals surface area contributed by atoms with Gasteiger partial charge in [0.2, 0.25) is 5.91 Å². The number of nitrogens with two attached hydrogens (primary N) is 1. The highest BCUT2D eigenvalue weighted by molar-refractivity contribution is 8.13. The van der Waals surface area contributed by atoms with Crippen LogP contribution < -0.4 is 11.1 Å². The van der Waals surface area contributed by atoms with Crippen molar-refractivity contribution in [2.75, 3.05) is 12.3 Å². The molecule has 0 atom stereocenters. The first-order valence-electron chi connectivity index (χ1n) is 4.98. The molecule has 15 heavy (non-hydrogen) atoms. The SMILES string of the molecule is CC1(C)CN=C(NC(C)(C)C(N)=O)SC1. The normalized spacial score (nSPS) is 20.7. The maximum Gasteiger partial charge on any atom is 0.242 e. The van der Waals surface area contributed by atoms with Crippen molar-refractivity contribution in [1.29, 1.82) is 0 Å². The third-order valence-electron chi connectivity index (χ3n) is 2.29. The van der Waals surface area contributed by atoms with Crippen molar-refractivity contribution in [3.05, 3.63) is 0 Å². The third kappa shape index (κ3) is 3.41. The summed E-state index contributed by atoms with van der Waals surface area (Å²) in [5.41, 5.74) is 4.79. The molecule has 0 fully saturated rings. The summed E-state index contributed by atoms with van der Waals surface area (Å²) < 4.78 is 0. The lowest BCUT2D eigenvalue weighted by Crippen LogP contribution is -2.53. The first-order chi connectivity index (χ1) is 6.73. The molecule has 3 N–H and O–H groups in total. The van der Waals surface area contributed by atoms with Crippen LogP contribution in [0.4, 0.5) is 0 Å². The van der Waals surface area contributed by atoms with Crippen LogP contribution in [0.5, 0.6) is 0 Å². The van der Waals surface area contributed by atoms with Crippen molar-refractivity contribution in [3.63, 3.8) is 0 Å². The van der Waals surface area contributed by atoms with Crippen LogP contribution in [-0.4, -0.2) is 28.9 Å². The van der Waals surface area contributed by atoms with Crippen molar-refractivity contribution >= 4 is 22.8 Å². The minimum absolute atomic E-state index is 0.243. The van der Waals surface area contributed by atoms with Gasteiger partial charge in [-0.05, 0) is 19.3 Å². The predicted octanol–water partition coefficient (Wildman–Crippen LogP) is 0.969. The number of carbonyl (C=O) groups excluding carboxylic acids is 1. The smallest absolute Gasteiger partial charge is 0.242 e. The number of amidine groups is 1. The second kappa shape index (κ2) is 4.04. The zero-order chi connectivity index (χ0) is 11.7. The Hall–Kier alpha value is -0.710. The van der Waals surface area contributed by atoms with Gasteiger partial charge in [-0.2, -0.15) is 0 Å². The number of hydrogen-bond donors (Lipinski definition) is 2. The number of nitrogens with zero attached hydrogens (tertiary/aromatic N) is 1. The summed E-state index contributed by atoms with van der Waals surface area (Å²) in [5.74, 6) is 0.642. The summed E-state index contributed by atoms with van der Waals surface area (Å²) in [6.07, 6.45) is 0. The van der Waals surface area contributed by atoms with E-state index in [1.807, 2.05) is 0 Å². The molecule has 0 aromatic heterocycles. The van der Waals surface area contributed by atoms with Gasteiger partial charge in [0, 0.05) is 12.3 Å². The molecule has 86 valence electrons. The third-order valence-corrected chi connectivity index (χ3v) is 3.72. The van der Waals surface area contributed by atoms with Gasteiger partial charge in [0.1, 0.15) is 5.54 Å². The lowest BCUT2D eigenvalue weighted by Gasteiger charge is -2.31. The van der Waals surface area contributed by atoms with Gasteiger partial charge in [0.05, 0.1) is 0 Å². The number of nitrogens with one attached hydrogen (secondary N) is 1. The number of hydrogen-bond acceptors (Lipinski definition) is 4. The fourth-order valence-corrected chi connectivity index (χ4v) is 2.15. The fraction of sp³-hybridized carbons (Fsp3) is 0.800. The Labute approximate surface area is 95.1 Å². The van der Waals surface area contributed by atoms with Gasteiger partial charge in [-0.25, -0.2) is 0 Å². The molecule has 0 saturated carbocycles. The van der Waals surface area contributed by atoms with Crippen molar-refractivity contribution in [2.45, 2.75) is 33.2 Å². The highest BCUT2D eigenvalue weighted by atomic mass is 32.2. The monoisotopic (exact) mass is 229 g/mol. The molecule has 4 nitrogen and oxygen atoms in total. The molecule has 0 bridgehead atoms. The highest BCUT2D eigenvalue weighted by Crippen LogP contribution is 2.27. The molecule has 0 saturated heterocycles. The second-order valence-corrected chi connectivity index (χ2v) is 6.15. The van der Waals surface area contributed by atoms with Crippen molar-refractivity contribution in [2.24, 2.45) is 16.1 Å². The van der Waals surface area contributed by atoms with Crippen LogP contribution in [0.1, 0.15) is 27.7 Å². The molecule has 5 heteroatoms. The van der Waals surface area contributed by atoms with Crippen LogP contribution in [0.15, 0.2) is 4.99 Å². The summed E-state index contributed by atoms with van der Waals surface area (Å²) in [5, 5.41) is 3.89. The van der Waals surface area contributed by atoms with E-state index in [2.05, 4.69) is 24.2 Å². The van der Waals surface area contributed by atoms with E-state index in [4.69, 9.17) is 5.73 Å². The topological polar surface area (TPSA) is 67.5 Å². The standard InChI is InChI=1S/C10H19N3OS/c1-9(2)5-12-8(15-6-9)13-10(3,4)7(11)14/h5-6H2,1-4H3,(H2,11,14)(H,12,13). The zero-order valence-corrected chi connectivity index (χ0v) is 10.6. The first-order valence-corrected chi connectivity index (χ1v) is 5.97. The largest absolute Gasteiger partial charge is 0.368 e. The van der Waals surface area contributed by atoms with E-state index in [-0.39, 0.29) is 11.3 Å². The molecular weight excluding hydrogens is 210 g/mol. The van der Waals surface area contributed by atoms with Gasteiger partial charge in [-0.1, -0.05) is 25.6 Å². The molecule has 0 unspecified atom stereocenters. The number of aliphatic imine (C=N–C) groups is 1. The number of amides is 1. The van der Waals surface area contributed by atoms with E-state index >= 15 is 0 Å². The quantitative estimate of drug-likeness (QED) is 0.741. The average Bonchev–Trinajstić information content (AvgIpc) is 2.08. The maximum atomic E-state index is 11.1. The highest BCUT2D eigenvalue weighted by Gasteiger charge is 2.29. The van der Waals surface area contributed by atoms with Crippen LogP contribution in [0.2, 0.25) is 0 Å². The average molecular weight is 229 g/mol. The van der Waals surface area contributed by atoms with E-state index in [0.29, 0.717) is 0 Å². The lowest BCUT2D eigenvalue weighted by molar-refractivity contribution is -0.122. The van der Waals surface area contributed by atoms with Crippen LogP contribution in [0.25, 0.3) is 0 Å². The van der Waals surface area contributed by atoms with Gasteiger partial charge in [-0.15, -0.1) is 0 Å². The van der Waals surface area contributed by atoms with Crippen molar-refractivity contribution in [3.8, 4) is 0 Å². The molecule has 1 heterocycles. The molecule has 1 aliphatic heterocycles. The molecule has 0 aromatic rings. The van der Waals surface area contributed by atoms with Gasteiger partial charge < -0.3 is 11.1 Å². The molecule has 0 radical (unpaired) electrons. The van der Waals surface area contributed by atoms with Crippen LogP contribution in [-0.2, 0) is 4.79 Å². The Balaban J connectivity index is 2.62. The van der Waals surface area contributed by atoms with Gasteiger partial charge in [0.25, 0.3) is 0 Å². The maximum absolute atomic E-state index is 11.1. The lowest BCUT2D eigenvalue weighted by atomic mass is 9.97. The van der Waals surface area contributed by atoms with Crippen LogP contribution in [0, 0.1) is 5.41 Å². The fourth-order valence-electron chi connectivity index (χ4n) is 1.05. The minimum Gasteiger partial charge on any atom is -0.368 e. The predicted molar refractivity (Wildman–Crippen MR) is 65.0 cm³/mol. The molecule has 1 rings (SSSR count). The Bertz CT molecular complexity index is 297. The number of thioether (sulfide) groups is 1. The van der Waals surface area contributed by atoms with E-state index in [0.717, 1.165) is 17.5 Å². The Morgan fingerprint density at radius 2 is 2.20 bits per heavy atom. The number of rotatable bonds is 2. The molecular formula is C10H19N3OS.